The second-order valence-corrected chi connectivity index (χ2v) is 9.76. The molecule has 1 N–H and O–H groups in total. The summed E-state index contributed by atoms with van der Waals surface area (Å²) in [4.78, 5) is 25.1. The summed E-state index contributed by atoms with van der Waals surface area (Å²) < 4.78 is 18.7. The molecule has 1 aromatic carbocycles. The standard InChI is InChI=1S/C20H22Cl2FNO3/c1-11(17(25)24-16-3-2-14(23)5-15(16)21)27-18(26)19-6-12-4-13(7-19)9-20(22,8-12)10-19/h2-3,5,11-13H,4,6-10H2,1H3,(H,24,25)/t11-,12-,13+,19?,20?/m1/s1. The van der Waals surface area contributed by atoms with E-state index >= 15 is 0 Å². The van der Waals surface area contributed by atoms with Crippen LogP contribution in [0.4, 0.5) is 10.1 Å². The maximum Gasteiger partial charge on any atom is 0.312 e. The molecule has 0 spiro atoms. The van der Waals surface area contributed by atoms with Crippen molar-refractivity contribution < 1.29 is 18.7 Å². The monoisotopic (exact) mass is 413 g/mol. The quantitative estimate of drug-likeness (QED) is 0.562. The van der Waals surface area contributed by atoms with Gasteiger partial charge in [-0.05, 0) is 75.5 Å². The lowest BCUT2D eigenvalue weighted by Crippen LogP contribution is -2.57. The molecule has 7 heteroatoms. The predicted octanol–water partition coefficient (Wildman–Crippen LogP) is 4.93. The summed E-state index contributed by atoms with van der Waals surface area (Å²) in [5.41, 5.74) is -0.283. The zero-order chi connectivity index (χ0) is 19.4. The number of anilines is 1. The number of hydrogen-bond donors (Lipinski definition) is 1. The molecule has 5 rings (SSSR count). The van der Waals surface area contributed by atoms with Gasteiger partial charge in [-0.25, -0.2) is 4.39 Å². The predicted molar refractivity (Wildman–Crippen MR) is 101 cm³/mol. The van der Waals surface area contributed by atoms with Crippen molar-refractivity contribution in [1.82, 2.24) is 0 Å². The first kappa shape index (κ1) is 19.0. The molecule has 4 aliphatic rings. The minimum atomic E-state index is -0.974. The first-order chi connectivity index (χ1) is 12.7. The molecule has 4 saturated carbocycles. The van der Waals surface area contributed by atoms with Crippen LogP contribution in [-0.2, 0) is 14.3 Å². The van der Waals surface area contributed by atoms with E-state index in [2.05, 4.69) is 5.32 Å². The Bertz CT molecular complexity index is 785. The Hall–Kier alpha value is -1.33. The second kappa shape index (κ2) is 6.63. The van der Waals surface area contributed by atoms with Gasteiger partial charge < -0.3 is 10.1 Å². The summed E-state index contributed by atoms with van der Waals surface area (Å²) in [5.74, 6) is -0.372. The summed E-state index contributed by atoms with van der Waals surface area (Å²) in [5, 5.41) is 2.67. The van der Waals surface area contributed by atoms with Crippen molar-refractivity contribution >= 4 is 40.8 Å². The molecular formula is C20H22Cl2FNO3. The fourth-order valence-electron chi connectivity index (χ4n) is 5.55. The van der Waals surface area contributed by atoms with Crippen LogP contribution in [-0.4, -0.2) is 22.9 Å². The lowest BCUT2D eigenvalue weighted by atomic mass is 9.49. The largest absolute Gasteiger partial charge is 0.452 e. The van der Waals surface area contributed by atoms with Crippen molar-refractivity contribution in [2.75, 3.05) is 5.32 Å². The van der Waals surface area contributed by atoms with E-state index in [4.69, 9.17) is 27.9 Å². The number of rotatable bonds is 4. The van der Waals surface area contributed by atoms with Gasteiger partial charge >= 0.3 is 5.97 Å². The van der Waals surface area contributed by atoms with Crippen LogP contribution < -0.4 is 5.32 Å². The first-order valence-electron chi connectivity index (χ1n) is 9.34. The molecule has 4 bridgehead atoms. The van der Waals surface area contributed by atoms with Crippen LogP contribution in [0.5, 0.6) is 0 Å². The lowest BCUT2D eigenvalue weighted by molar-refractivity contribution is -0.176. The number of alkyl halides is 1. The third-order valence-electron chi connectivity index (χ3n) is 6.26. The molecule has 4 aliphatic carbocycles. The maximum absolute atomic E-state index is 13.1. The molecule has 27 heavy (non-hydrogen) atoms. The van der Waals surface area contributed by atoms with Gasteiger partial charge in [-0.15, -0.1) is 11.6 Å². The zero-order valence-corrected chi connectivity index (χ0v) is 16.6. The third-order valence-corrected chi connectivity index (χ3v) is 7.02. The molecule has 4 fully saturated rings. The summed E-state index contributed by atoms with van der Waals surface area (Å²) >= 11 is 12.7. The fraction of sp³-hybridized carbons (Fsp3) is 0.600. The van der Waals surface area contributed by atoms with Crippen LogP contribution in [0.3, 0.4) is 0 Å². The van der Waals surface area contributed by atoms with Crippen molar-refractivity contribution in [3.8, 4) is 0 Å². The molecule has 0 saturated heterocycles. The Labute approximate surface area is 167 Å². The van der Waals surface area contributed by atoms with Gasteiger partial charge in [0, 0.05) is 4.87 Å². The van der Waals surface area contributed by atoms with Crippen molar-refractivity contribution in [3.05, 3.63) is 29.0 Å². The van der Waals surface area contributed by atoms with Gasteiger partial charge in [0.15, 0.2) is 6.10 Å². The van der Waals surface area contributed by atoms with Crippen LogP contribution in [0.15, 0.2) is 18.2 Å². The smallest absolute Gasteiger partial charge is 0.312 e. The van der Waals surface area contributed by atoms with Crippen LogP contribution in [0.1, 0.15) is 45.4 Å². The Kier molecular flexibility index (Phi) is 4.66. The van der Waals surface area contributed by atoms with E-state index in [1.54, 1.807) is 0 Å². The molecule has 1 aromatic rings. The van der Waals surface area contributed by atoms with Crippen LogP contribution in [0.2, 0.25) is 5.02 Å². The number of ether oxygens (including phenoxy) is 1. The molecule has 0 aromatic heterocycles. The Morgan fingerprint density at radius 2 is 1.93 bits per heavy atom. The van der Waals surface area contributed by atoms with E-state index in [0.29, 0.717) is 18.3 Å². The number of esters is 1. The van der Waals surface area contributed by atoms with Gasteiger partial charge in [-0.1, -0.05) is 11.6 Å². The molecule has 2 unspecified atom stereocenters. The van der Waals surface area contributed by atoms with Crippen LogP contribution in [0, 0.1) is 23.1 Å². The average molecular weight is 414 g/mol. The topological polar surface area (TPSA) is 55.4 Å². The zero-order valence-electron chi connectivity index (χ0n) is 15.1. The van der Waals surface area contributed by atoms with Gasteiger partial charge in [-0.3, -0.25) is 9.59 Å². The van der Waals surface area contributed by atoms with E-state index in [-0.39, 0.29) is 21.6 Å². The highest BCUT2D eigenvalue weighted by Gasteiger charge is 2.61. The van der Waals surface area contributed by atoms with Crippen LogP contribution >= 0.6 is 23.2 Å². The molecule has 5 atom stereocenters. The van der Waals surface area contributed by atoms with Gasteiger partial charge in [0.05, 0.1) is 16.1 Å². The lowest BCUT2D eigenvalue weighted by Gasteiger charge is -2.58. The summed E-state index contributed by atoms with van der Waals surface area (Å²) in [7, 11) is 0. The number of amides is 1. The molecule has 4 nitrogen and oxygen atoms in total. The molecule has 1 amide bonds. The third kappa shape index (κ3) is 3.56. The van der Waals surface area contributed by atoms with Gasteiger partial charge in [0.25, 0.3) is 5.91 Å². The average Bonchev–Trinajstić information content (AvgIpc) is 2.55. The van der Waals surface area contributed by atoms with E-state index in [9.17, 15) is 14.0 Å². The van der Waals surface area contributed by atoms with Gasteiger partial charge in [0.1, 0.15) is 5.82 Å². The highest BCUT2D eigenvalue weighted by molar-refractivity contribution is 6.33. The van der Waals surface area contributed by atoms with Crippen molar-refractivity contribution in [3.63, 3.8) is 0 Å². The summed E-state index contributed by atoms with van der Waals surface area (Å²) in [6.07, 6.45) is 4.34. The van der Waals surface area contributed by atoms with E-state index in [0.717, 1.165) is 38.2 Å². The normalized spacial score (nSPS) is 35.0. The van der Waals surface area contributed by atoms with Gasteiger partial charge in [0.2, 0.25) is 0 Å². The number of benzene rings is 1. The Morgan fingerprint density at radius 1 is 1.26 bits per heavy atom. The molecule has 146 valence electrons. The minimum Gasteiger partial charge on any atom is -0.452 e. The number of nitrogens with one attached hydrogen (secondary N) is 1. The second-order valence-electron chi connectivity index (χ2n) is 8.55. The highest BCUT2D eigenvalue weighted by Crippen LogP contribution is 2.64. The number of carbonyl (C=O) groups is 2. The number of carbonyl (C=O) groups excluding carboxylic acids is 2. The fourth-order valence-corrected chi connectivity index (χ4v) is 6.46. The van der Waals surface area contributed by atoms with E-state index < -0.39 is 23.2 Å². The highest BCUT2D eigenvalue weighted by atomic mass is 35.5. The van der Waals surface area contributed by atoms with E-state index in [1.165, 1.54) is 19.1 Å². The molecule has 0 heterocycles. The summed E-state index contributed by atoms with van der Waals surface area (Å²) in [6, 6.07) is 3.69. The first-order valence-corrected chi connectivity index (χ1v) is 10.1. The van der Waals surface area contributed by atoms with Gasteiger partial charge in [-0.2, -0.15) is 0 Å². The minimum absolute atomic E-state index is 0.0899. The maximum atomic E-state index is 13.1. The number of hydrogen-bond acceptors (Lipinski definition) is 3. The van der Waals surface area contributed by atoms with Crippen molar-refractivity contribution in [2.24, 2.45) is 17.3 Å². The van der Waals surface area contributed by atoms with E-state index in [1.807, 2.05) is 0 Å². The number of halogens is 3. The molecule has 0 aliphatic heterocycles. The van der Waals surface area contributed by atoms with Crippen LogP contribution in [0.25, 0.3) is 0 Å². The summed E-state index contributed by atoms with van der Waals surface area (Å²) in [6.45, 7) is 1.53. The van der Waals surface area contributed by atoms with Crippen molar-refractivity contribution in [1.29, 1.82) is 0 Å². The molecule has 0 radical (unpaired) electrons. The Morgan fingerprint density at radius 3 is 2.52 bits per heavy atom. The van der Waals surface area contributed by atoms with Crippen molar-refractivity contribution in [2.45, 2.75) is 56.4 Å². The SMILES string of the molecule is C[C@@H](OC(=O)C12C[C@@H]3C[C@@H](CC(Cl)(C3)C1)C2)C(=O)Nc1ccc(F)cc1Cl. The Balaban J connectivity index is 1.42. The molecular weight excluding hydrogens is 392 g/mol.